The quantitative estimate of drug-likeness (QED) is 0.0281. The van der Waals surface area contributed by atoms with Crippen LogP contribution in [0.15, 0.2) is 0 Å². The van der Waals surface area contributed by atoms with Gasteiger partial charge in [-0.2, -0.15) is 8.42 Å². The van der Waals surface area contributed by atoms with Gasteiger partial charge in [0.2, 0.25) is 0 Å². The van der Waals surface area contributed by atoms with E-state index in [2.05, 4.69) is 13.8 Å². The summed E-state index contributed by atoms with van der Waals surface area (Å²) in [6.07, 6.45) is 50.6. The Bertz CT molecular complexity index is 945. The Balaban J connectivity index is 0. The molecule has 1 atom stereocenters. The predicted molar refractivity (Wildman–Crippen MR) is 245 cm³/mol. The zero-order valence-electron chi connectivity index (χ0n) is 37.3. The SMILES string of the molecule is CCCCCCCCCCCCCCCCCCCCCCOC(=O)CC(C(=O)OCCCCCCCCCCCCCCCCCCCCCC)S(=O)(=O)O.[NaH]. The van der Waals surface area contributed by atoms with Crippen LogP contribution in [0, 0.1) is 0 Å². The maximum absolute atomic E-state index is 12.4. The molecule has 0 rings (SSSR count). The van der Waals surface area contributed by atoms with E-state index in [9.17, 15) is 22.6 Å². The first-order chi connectivity index (χ1) is 27.3. The third-order valence-corrected chi connectivity index (χ3v) is 12.6. The molecule has 0 saturated heterocycles. The molecule has 0 heterocycles. The van der Waals surface area contributed by atoms with Gasteiger partial charge in [0, 0.05) is 0 Å². The molecule has 0 saturated carbocycles. The summed E-state index contributed by atoms with van der Waals surface area (Å²) < 4.78 is 43.6. The van der Waals surface area contributed by atoms with E-state index in [1.165, 1.54) is 212 Å². The molecule has 0 spiro atoms. The van der Waals surface area contributed by atoms with Gasteiger partial charge in [0.05, 0.1) is 19.6 Å². The molecular formula is C48H95NaO7S. The van der Waals surface area contributed by atoms with Crippen molar-refractivity contribution < 1.29 is 32.0 Å². The number of hydrogen-bond acceptors (Lipinski definition) is 6. The zero-order valence-corrected chi connectivity index (χ0v) is 38.1. The van der Waals surface area contributed by atoms with Crippen LogP contribution in [-0.4, -0.2) is 72.9 Å². The molecule has 336 valence electrons. The predicted octanol–water partition coefficient (Wildman–Crippen LogP) is 14.7. The fraction of sp³-hybridized carbons (Fsp3) is 0.958. The molecule has 0 aliphatic heterocycles. The second-order valence-corrected chi connectivity index (χ2v) is 18.6. The van der Waals surface area contributed by atoms with Crippen molar-refractivity contribution >= 4 is 51.6 Å². The third kappa shape index (κ3) is 45.2. The van der Waals surface area contributed by atoms with E-state index in [0.717, 1.165) is 32.1 Å². The van der Waals surface area contributed by atoms with Crippen molar-refractivity contribution in [2.45, 2.75) is 282 Å². The number of unbranched alkanes of at least 4 members (excludes halogenated alkanes) is 38. The second kappa shape index (κ2) is 46.9. The molecule has 0 aromatic rings. The maximum atomic E-state index is 12.4. The van der Waals surface area contributed by atoms with Crippen molar-refractivity contribution in [3.63, 3.8) is 0 Å². The Morgan fingerprint density at radius 1 is 0.386 bits per heavy atom. The molecule has 7 nitrogen and oxygen atoms in total. The van der Waals surface area contributed by atoms with E-state index in [4.69, 9.17) is 9.47 Å². The topological polar surface area (TPSA) is 107 Å². The summed E-state index contributed by atoms with van der Waals surface area (Å²) >= 11 is 0. The van der Waals surface area contributed by atoms with Gasteiger partial charge >= 0.3 is 41.5 Å². The molecule has 1 N–H and O–H groups in total. The van der Waals surface area contributed by atoms with Crippen molar-refractivity contribution in [2.75, 3.05) is 13.2 Å². The van der Waals surface area contributed by atoms with Gasteiger partial charge in [-0.05, 0) is 12.8 Å². The van der Waals surface area contributed by atoms with Crippen LogP contribution in [0.25, 0.3) is 0 Å². The standard InChI is InChI=1S/C48H94O7S.Na.H/c1-3-5-7-9-11-13-15-17-19-21-23-25-27-29-31-33-35-37-39-41-43-54-47(49)45-46(56(51,52)53)48(50)55-44-42-40-38-36-34-32-30-28-26-24-22-20-18-16-14-12-10-8-6-4-2;;/h46H,3-45H2,1-2H3,(H,51,52,53);;. The van der Waals surface area contributed by atoms with Gasteiger partial charge in [-0.3, -0.25) is 14.1 Å². The Morgan fingerprint density at radius 2 is 0.596 bits per heavy atom. The van der Waals surface area contributed by atoms with E-state index >= 15 is 0 Å². The summed E-state index contributed by atoms with van der Waals surface area (Å²) in [5.41, 5.74) is 0. The van der Waals surface area contributed by atoms with Gasteiger partial charge in [0.1, 0.15) is 0 Å². The van der Waals surface area contributed by atoms with Crippen molar-refractivity contribution in [2.24, 2.45) is 0 Å². The van der Waals surface area contributed by atoms with Gasteiger partial charge in [0.25, 0.3) is 10.1 Å². The van der Waals surface area contributed by atoms with Gasteiger partial charge in [0.15, 0.2) is 5.25 Å². The molecule has 57 heavy (non-hydrogen) atoms. The van der Waals surface area contributed by atoms with E-state index in [-0.39, 0.29) is 42.8 Å². The van der Waals surface area contributed by atoms with Gasteiger partial charge in [-0.15, -0.1) is 0 Å². The summed E-state index contributed by atoms with van der Waals surface area (Å²) in [5, 5.41) is -1.94. The number of rotatable bonds is 46. The summed E-state index contributed by atoms with van der Waals surface area (Å²) in [7, 11) is -4.78. The Morgan fingerprint density at radius 3 is 0.825 bits per heavy atom. The van der Waals surface area contributed by atoms with Crippen molar-refractivity contribution in [3.05, 3.63) is 0 Å². The average molecular weight is 839 g/mol. The average Bonchev–Trinajstić information content (AvgIpc) is 3.17. The molecule has 0 bridgehead atoms. The molecule has 0 aromatic carbocycles. The number of carbonyl (C=O) groups is 2. The van der Waals surface area contributed by atoms with Crippen LogP contribution < -0.4 is 0 Å². The zero-order chi connectivity index (χ0) is 41.1. The van der Waals surface area contributed by atoms with Crippen LogP contribution in [-0.2, 0) is 29.2 Å². The van der Waals surface area contributed by atoms with Crippen LogP contribution in [0.4, 0.5) is 0 Å². The number of ether oxygens (including phenoxy) is 2. The first-order valence-electron chi connectivity index (χ1n) is 24.6. The molecule has 0 aliphatic rings. The minimum absolute atomic E-state index is 0. The van der Waals surface area contributed by atoms with Gasteiger partial charge in [-0.1, -0.05) is 258 Å². The van der Waals surface area contributed by atoms with Crippen molar-refractivity contribution in [1.82, 2.24) is 0 Å². The molecule has 0 amide bonds. The van der Waals surface area contributed by atoms with Crippen LogP contribution in [0.3, 0.4) is 0 Å². The summed E-state index contributed by atoms with van der Waals surface area (Å²) in [6.45, 7) is 4.82. The van der Waals surface area contributed by atoms with Crippen LogP contribution in [0.2, 0.25) is 0 Å². The van der Waals surface area contributed by atoms with Crippen LogP contribution in [0.5, 0.6) is 0 Å². The molecule has 0 aliphatic carbocycles. The van der Waals surface area contributed by atoms with E-state index < -0.39 is 33.7 Å². The monoisotopic (exact) mass is 839 g/mol. The molecule has 0 aromatic heterocycles. The van der Waals surface area contributed by atoms with Crippen molar-refractivity contribution in [3.8, 4) is 0 Å². The molecule has 1 unspecified atom stereocenters. The summed E-state index contributed by atoms with van der Waals surface area (Å²) in [4.78, 5) is 24.7. The molecule has 9 heteroatoms. The summed E-state index contributed by atoms with van der Waals surface area (Å²) in [5.74, 6) is -1.89. The first-order valence-corrected chi connectivity index (χ1v) is 26.1. The van der Waals surface area contributed by atoms with E-state index in [1.54, 1.807) is 0 Å². The number of hydrogen-bond donors (Lipinski definition) is 1. The second-order valence-electron chi connectivity index (χ2n) is 17.0. The van der Waals surface area contributed by atoms with Crippen LogP contribution in [0.1, 0.15) is 277 Å². The minimum atomic E-state index is -4.78. The Labute approximate surface area is 376 Å². The number of esters is 2. The molecular weight excluding hydrogens is 744 g/mol. The van der Waals surface area contributed by atoms with Crippen LogP contribution >= 0.6 is 0 Å². The molecule has 0 fully saturated rings. The van der Waals surface area contributed by atoms with Gasteiger partial charge in [-0.25, -0.2) is 0 Å². The number of carbonyl (C=O) groups excluding carboxylic acids is 2. The van der Waals surface area contributed by atoms with E-state index in [0.29, 0.717) is 12.8 Å². The van der Waals surface area contributed by atoms with Crippen molar-refractivity contribution in [1.29, 1.82) is 0 Å². The normalized spacial score (nSPS) is 12.1. The summed E-state index contributed by atoms with van der Waals surface area (Å²) in [6, 6.07) is 0. The Kier molecular flexibility index (Phi) is 48.5. The first kappa shape index (κ1) is 58.9. The Hall–Kier alpha value is -0.150. The fourth-order valence-corrected chi connectivity index (χ4v) is 8.34. The molecule has 0 radical (unpaired) electrons. The van der Waals surface area contributed by atoms with Gasteiger partial charge < -0.3 is 9.47 Å². The fourth-order valence-electron chi connectivity index (χ4n) is 7.69. The third-order valence-electron chi connectivity index (χ3n) is 11.5. The van der Waals surface area contributed by atoms with E-state index in [1.807, 2.05) is 0 Å².